The SMILES string of the molecule is CC(=O)c1cccc2c(=O)cc(-c3ccccc3)oc12. The first-order valence-electron chi connectivity index (χ1n) is 6.30. The van der Waals surface area contributed by atoms with Crippen LogP contribution in [0.3, 0.4) is 0 Å². The zero-order valence-corrected chi connectivity index (χ0v) is 10.9. The van der Waals surface area contributed by atoms with E-state index in [0.29, 0.717) is 22.3 Å². The van der Waals surface area contributed by atoms with Gasteiger partial charge in [0.05, 0.1) is 10.9 Å². The van der Waals surface area contributed by atoms with Gasteiger partial charge in [0.25, 0.3) is 0 Å². The predicted molar refractivity (Wildman–Crippen MR) is 77.9 cm³/mol. The smallest absolute Gasteiger partial charge is 0.193 e. The third-order valence-corrected chi connectivity index (χ3v) is 3.19. The molecule has 2 aromatic carbocycles. The lowest BCUT2D eigenvalue weighted by molar-refractivity contribution is 0.101. The van der Waals surface area contributed by atoms with E-state index in [9.17, 15) is 9.59 Å². The number of Topliss-reactive ketones (excluding diaryl/α,β-unsaturated/α-hetero) is 1. The van der Waals surface area contributed by atoms with Crippen LogP contribution in [0.25, 0.3) is 22.3 Å². The molecule has 0 spiro atoms. The van der Waals surface area contributed by atoms with E-state index in [1.54, 1.807) is 18.2 Å². The molecule has 3 rings (SSSR count). The lowest BCUT2D eigenvalue weighted by Crippen LogP contribution is -2.03. The van der Waals surface area contributed by atoms with E-state index in [4.69, 9.17) is 4.42 Å². The Kier molecular flexibility index (Phi) is 2.95. The highest BCUT2D eigenvalue weighted by molar-refractivity contribution is 6.04. The van der Waals surface area contributed by atoms with Crippen molar-refractivity contribution in [3.8, 4) is 11.3 Å². The molecule has 3 nitrogen and oxygen atoms in total. The average molecular weight is 264 g/mol. The van der Waals surface area contributed by atoms with Gasteiger partial charge in [-0.15, -0.1) is 0 Å². The van der Waals surface area contributed by atoms with Crippen LogP contribution in [0.4, 0.5) is 0 Å². The minimum atomic E-state index is -0.145. The average Bonchev–Trinajstić information content (AvgIpc) is 2.47. The Hall–Kier alpha value is -2.68. The van der Waals surface area contributed by atoms with Crippen molar-refractivity contribution in [1.82, 2.24) is 0 Å². The van der Waals surface area contributed by atoms with E-state index in [1.807, 2.05) is 30.3 Å². The molecule has 0 amide bonds. The second-order valence-electron chi connectivity index (χ2n) is 4.58. The molecule has 98 valence electrons. The molecule has 0 fully saturated rings. The van der Waals surface area contributed by atoms with E-state index in [1.165, 1.54) is 13.0 Å². The number of carbonyl (C=O) groups excluding carboxylic acids is 1. The Labute approximate surface area is 115 Å². The van der Waals surface area contributed by atoms with Crippen LogP contribution in [0.15, 0.2) is 63.8 Å². The molecule has 0 atom stereocenters. The molecule has 0 saturated heterocycles. The van der Waals surface area contributed by atoms with Crippen molar-refractivity contribution in [1.29, 1.82) is 0 Å². The fourth-order valence-corrected chi connectivity index (χ4v) is 2.20. The standard InChI is InChI=1S/C17H12O3/c1-11(18)13-8-5-9-14-15(19)10-16(20-17(13)14)12-6-3-2-4-7-12/h2-10H,1H3. The summed E-state index contributed by atoms with van der Waals surface area (Å²) in [6, 6.07) is 15.8. The molecular weight excluding hydrogens is 252 g/mol. The van der Waals surface area contributed by atoms with Gasteiger partial charge < -0.3 is 4.42 Å². The third kappa shape index (κ3) is 2.03. The number of ketones is 1. The topological polar surface area (TPSA) is 47.3 Å². The highest BCUT2D eigenvalue weighted by Gasteiger charge is 2.12. The Morgan fingerprint density at radius 2 is 1.75 bits per heavy atom. The maximum atomic E-state index is 12.2. The van der Waals surface area contributed by atoms with Crippen LogP contribution in [0.1, 0.15) is 17.3 Å². The Bertz CT molecular complexity index is 845. The van der Waals surface area contributed by atoms with Crippen LogP contribution in [0.2, 0.25) is 0 Å². The minimum Gasteiger partial charge on any atom is -0.455 e. The first kappa shape index (κ1) is 12.4. The van der Waals surface area contributed by atoms with Gasteiger partial charge in [0.2, 0.25) is 0 Å². The second-order valence-corrected chi connectivity index (χ2v) is 4.58. The Morgan fingerprint density at radius 3 is 2.45 bits per heavy atom. The fraction of sp³-hybridized carbons (Fsp3) is 0.0588. The van der Waals surface area contributed by atoms with E-state index in [-0.39, 0.29) is 11.2 Å². The zero-order valence-electron chi connectivity index (χ0n) is 10.9. The van der Waals surface area contributed by atoms with Crippen molar-refractivity contribution >= 4 is 16.8 Å². The van der Waals surface area contributed by atoms with Crippen LogP contribution in [0, 0.1) is 0 Å². The molecule has 3 heteroatoms. The lowest BCUT2D eigenvalue weighted by atomic mass is 10.1. The summed E-state index contributed by atoms with van der Waals surface area (Å²) in [4.78, 5) is 23.8. The quantitative estimate of drug-likeness (QED) is 0.663. The first-order chi connectivity index (χ1) is 9.66. The van der Waals surface area contributed by atoms with Gasteiger partial charge in [0.1, 0.15) is 11.3 Å². The largest absolute Gasteiger partial charge is 0.455 e. The number of benzene rings is 2. The van der Waals surface area contributed by atoms with E-state index < -0.39 is 0 Å². The number of hydrogen-bond acceptors (Lipinski definition) is 3. The molecule has 3 aromatic rings. The summed E-state index contributed by atoms with van der Waals surface area (Å²) in [5.74, 6) is 0.348. The molecular formula is C17H12O3. The summed E-state index contributed by atoms with van der Waals surface area (Å²) in [6.45, 7) is 1.46. The van der Waals surface area contributed by atoms with Gasteiger partial charge in [-0.05, 0) is 19.1 Å². The maximum Gasteiger partial charge on any atom is 0.193 e. The van der Waals surface area contributed by atoms with Gasteiger partial charge in [-0.2, -0.15) is 0 Å². The van der Waals surface area contributed by atoms with Crippen LogP contribution >= 0.6 is 0 Å². The van der Waals surface area contributed by atoms with E-state index >= 15 is 0 Å². The van der Waals surface area contributed by atoms with Crippen molar-refractivity contribution in [3.05, 3.63) is 70.4 Å². The van der Waals surface area contributed by atoms with Crippen LogP contribution in [-0.2, 0) is 0 Å². The molecule has 0 unspecified atom stereocenters. The normalized spacial score (nSPS) is 10.7. The minimum absolute atomic E-state index is 0.121. The lowest BCUT2D eigenvalue weighted by Gasteiger charge is -2.05. The van der Waals surface area contributed by atoms with E-state index in [2.05, 4.69) is 0 Å². The van der Waals surface area contributed by atoms with Crippen LogP contribution in [0.5, 0.6) is 0 Å². The third-order valence-electron chi connectivity index (χ3n) is 3.19. The molecule has 1 heterocycles. The fourth-order valence-electron chi connectivity index (χ4n) is 2.20. The molecule has 0 bridgehead atoms. The molecule has 0 radical (unpaired) electrons. The summed E-state index contributed by atoms with van der Waals surface area (Å²) in [7, 11) is 0. The summed E-state index contributed by atoms with van der Waals surface area (Å²) in [5.41, 5.74) is 1.45. The number of para-hydroxylation sites is 1. The maximum absolute atomic E-state index is 12.2. The molecule has 0 aliphatic rings. The van der Waals surface area contributed by atoms with E-state index in [0.717, 1.165) is 5.56 Å². The summed E-state index contributed by atoms with van der Waals surface area (Å²) >= 11 is 0. The number of hydrogen-bond donors (Lipinski definition) is 0. The summed E-state index contributed by atoms with van der Waals surface area (Å²) < 4.78 is 5.80. The zero-order chi connectivity index (χ0) is 14.1. The summed E-state index contributed by atoms with van der Waals surface area (Å²) in [6.07, 6.45) is 0. The van der Waals surface area contributed by atoms with Crippen LogP contribution < -0.4 is 5.43 Å². The number of carbonyl (C=O) groups is 1. The number of rotatable bonds is 2. The molecule has 0 aliphatic carbocycles. The molecule has 20 heavy (non-hydrogen) atoms. The monoisotopic (exact) mass is 264 g/mol. The molecule has 0 aliphatic heterocycles. The van der Waals surface area contributed by atoms with Crippen molar-refractivity contribution in [2.45, 2.75) is 6.92 Å². The van der Waals surface area contributed by atoms with Gasteiger partial charge in [-0.1, -0.05) is 36.4 Å². The first-order valence-corrected chi connectivity index (χ1v) is 6.30. The van der Waals surface area contributed by atoms with Gasteiger partial charge in [0.15, 0.2) is 11.2 Å². The second kappa shape index (κ2) is 4.78. The van der Waals surface area contributed by atoms with Crippen molar-refractivity contribution in [2.24, 2.45) is 0 Å². The highest BCUT2D eigenvalue weighted by atomic mass is 16.3. The van der Waals surface area contributed by atoms with Crippen molar-refractivity contribution in [3.63, 3.8) is 0 Å². The van der Waals surface area contributed by atoms with Crippen LogP contribution in [-0.4, -0.2) is 5.78 Å². The highest BCUT2D eigenvalue weighted by Crippen LogP contribution is 2.24. The van der Waals surface area contributed by atoms with Gasteiger partial charge in [0, 0.05) is 11.6 Å². The molecule has 0 N–H and O–H groups in total. The Balaban J connectivity index is 2.36. The van der Waals surface area contributed by atoms with Gasteiger partial charge in [-0.25, -0.2) is 0 Å². The molecule has 1 aromatic heterocycles. The summed E-state index contributed by atoms with van der Waals surface area (Å²) in [5, 5.41) is 0.428. The van der Waals surface area contributed by atoms with Gasteiger partial charge in [-0.3, -0.25) is 9.59 Å². The predicted octanol–water partition coefficient (Wildman–Crippen LogP) is 3.66. The van der Waals surface area contributed by atoms with Crippen molar-refractivity contribution in [2.75, 3.05) is 0 Å². The van der Waals surface area contributed by atoms with Gasteiger partial charge >= 0.3 is 0 Å². The Morgan fingerprint density at radius 1 is 1.00 bits per heavy atom. The number of fused-ring (bicyclic) bond motifs is 1. The van der Waals surface area contributed by atoms with Crippen molar-refractivity contribution < 1.29 is 9.21 Å². The molecule has 0 saturated carbocycles.